The molecule has 0 bridgehead atoms. The third-order valence-electron chi connectivity index (χ3n) is 4.86. The maximum atomic E-state index is 5.86. The van der Waals surface area contributed by atoms with Crippen molar-refractivity contribution in [2.45, 2.75) is 39.0 Å². The van der Waals surface area contributed by atoms with Crippen molar-refractivity contribution in [3.8, 4) is 5.75 Å². The minimum atomic E-state index is 0. The smallest absolute Gasteiger partial charge is 0.193 e. The molecule has 7 nitrogen and oxygen atoms in total. The lowest BCUT2D eigenvalue weighted by Gasteiger charge is -2.33. The molecule has 28 heavy (non-hydrogen) atoms. The number of H-pyrrole nitrogens is 1. The van der Waals surface area contributed by atoms with Gasteiger partial charge in [0, 0.05) is 38.5 Å². The van der Waals surface area contributed by atoms with E-state index in [-0.39, 0.29) is 24.0 Å². The number of aliphatic imine (C=N–C) groups is 1. The molecule has 8 heteroatoms. The maximum absolute atomic E-state index is 5.86. The van der Waals surface area contributed by atoms with E-state index in [1.165, 1.54) is 5.56 Å². The number of para-hydroxylation sites is 1. The fourth-order valence-corrected chi connectivity index (χ4v) is 3.35. The van der Waals surface area contributed by atoms with Gasteiger partial charge in [-0.25, -0.2) is 4.98 Å². The van der Waals surface area contributed by atoms with E-state index in [1.54, 1.807) is 6.33 Å². The second-order valence-corrected chi connectivity index (χ2v) is 6.84. The topological polar surface area (TPSA) is 78.4 Å². The van der Waals surface area contributed by atoms with E-state index in [0.29, 0.717) is 12.5 Å². The van der Waals surface area contributed by atoms with Crippen molar-refractivity contribution in [1.82, 2.24) is 25.4 Å². The van der Waals surface area contributed by atoms with E-state index in [9.17, 15) is 0 Å². The summed E-state index contributed by atoms with van der Waals surface area (Å²) >= 11 is 0. The van der Waals surface area contributed by atoms with Crippen molar-refractivity contribution >= 4 is 29.9 Å². The van der Waals surface area contributed by atoms with E-state index in [2.05, 4.69) is 45.3 Å². The number of aromatic amines is 1. The molecule has 2 heterocycles. The number of likely N-dealkylation sites (tertiary alicyclic amines) is 1. The highest BCUT2D eigenvalue weighted by Crippen LogP contribution is 2.24. The maximum Gasteiger partial charge on any atom is 0.193 e. The summed E-state index contributed by atoms with van der Waals surface area (Å²) in [6, 6.07) is 8.12. The molecule has 1 aromatic heterocycles. The third-order valence-corrected chi connectivity index (χ3v) is 4.86. The number of aryl methyl sites for hydroxylation is 1. The van der Waals surface area contributed by atoms with Crippen LogP contribution in [0.2, 0.25) is 0 Å². The molecule has 1 aliphatic heterocycles. The molecule has 3 rings (SSSR count). The predicted molar refractivity (Wildman–Crippen MR) is 123 cm³/mol. The molecular weight excluding hydrogens is 467 g/mol. The Morgan fingerprint density at radius 3 is 2.79 bits per heavy atom. The van der Waals surface area contributed by atoms with Crippen LogP contribution in [0.25, 0.3) is 0 Å². The highest BCUT2D eigenvalue weighted by atomic mass is 127. The van der Waals surface area contributed by atoms with Crippen LogP contribution in [0.5, 0.6) is 5.75 Å². The number of aromatic nitrogens is 3. The van der Waals surface area contributed by atoms with Gasteiger partial charge in [-0.05, 0) is 38.3 Å². The zero-order valence-corrected chi connectivity index (χ0v) is 19.1. The Morgan fingerprint density at radius 1 is 1.32 bits per heavy atom. The summed E-state index contributed by atoms with van der Waals surface area (Å²) in [7, 11) is 0. The number of hydrogen-bond donors (Lipinski definition) is 2. The molecular formula is C20H31IN6O. The molecule has 2 N–H and O–H groups in total. The van der Waals surface area contributed by atoms with Crippen LogP contribution in [0, 0.1) is 6.92 Å². The van der Waals surface area contributed by atoms with Crippen molar-refractivity contribution in [2.24, 2.45) is 4.99 Å². The number of halogens is 1. The lowest BCUT2D eigenvalue weighted by Crippen LogP contribution is -2.45. The second kappa shape index (κ2) is 11.9. The van der Waals surface area contributed by atoms with Gasteiger partial charge in [-0.2, -0.15) is 5.10 Å². The Morgan fingerprint density at radius 2 is 2.11 bits per heavy atom. The summed E-state index contributed by atoms with van der Waals surface area (Å²) in [6.07, 6.45) is 4.62. The number of nitrogens with one attached hydrogen (secondary N) is 2. The van der Waals surface area contributed by atoms with Gasteiger partial charge in [-0.15, -0.1) is 24.0 Å². The number of hydrogen-bond acceptors (Lipinski definition) is 4. The van der Waals surface area contributed by atoms with Gasteiger partial charge >= 0.3 is 0 Å². The molecule has 0 radical (unpaired) electrons. The van der Waals surface area contributed by atoms with Gasteiger partial charge in [-0.1, -0.05) is 18.2 Å². The highest BCUT2D eigenvalue weighted by molar-refractivity contribution is 14.0. The Kier molecular flexibility index (Phi) is 9.52. The summed E-state index contributed by atoms with van der Waals surface area (Å²) in [6.45, 7) is 8.46. The average molecular weight is 498 g/mol. The van der Waals surface area contributed by atoms with Gasteiger partial charge in [0.2, 0.25) is 0 Å². The first kappa shape index (κ1) is 22.4. The van der Waals surface area contributed by atoms with Gasteiger partial charge in [0.1, 0.15) is 17.9 Å². The molecule has 154 valence electrons. The fourth-order valence-electron chi connectivity index (χ4n) is 3.35. The summed E-state index contributed by atoms with van der Waals surface area (Å²) in [5, 5.41) is 10.4. The van der Waals surface area contributed by atoms with Gasteiger partial charge in [0.25, 0.3) is 0 Å². The molecule has 0 amide bonds. The largest absolute Gasteiger partial charge is 0.493 e. The minimum absolute atomic E-state index is 0. The SMILES string of the molecule is CCNC(=NCCCOc1ccccc1C)N1CCC(c2ncn[nH]2)CC1.I. The molecule has 1 fully saturated rings. The van der Waals surface area contributed by atoms with E-state index < -0.39 is 0 Å². The minimum Gasteiger partial charge on any atom is -0.493 e. The molecule has 0 atom stereocenters. The van der Waals surface area contributed by atoms with Crippen molar-refractivity contribution in [1.29, 1.82) is 0 Å². The van der Waals surface area contributed by atoms with Crippen LogP contribution in [0.1, 0.15) is 43.5 Å². The van der Waals surface area contributed by atoms with Gasteiger partial charge < -0.3 is 15.0 Å². The summed E-state index contributed by atoms with van der Waals surface area (Å²) in [5.74, 6) is 3.44. The average Bonchev–Trinajstić information content (AvgIpc) is 3.23. The van der Waals surface area contributed by atoms with Crippen LogP contribution in [0.4, 0.5) is 0 Å². The van der Waals surface area contributed by atoms with Crippen molar-refractivity contribution in [3.63, 3.8) is 0 Å². The summed E-state index contributed by atoms with van der Waals surface area (Å²) in [5.41, 5.74) is 1.17. The van der Waals surface area contributed by atoms with Crippen molar-refractivity contribution in [3.05, 3.63) is 42.0 Å². The molecule has 1 saturated heterocycles. The van der Waals surface area contributed by atoms with E-state index in [0.717, 1.165) is 63.0 Å². The van der Waals surface area contributed by atoms with Crippen LogP contribution in [-0.4, -0.2) is 58.8 Å². The van der Waals surface area contributed by atoms with Gasteiger partial charge in [-0.3, -0.25) is 10.1 Å². The second-order valence-electron chi connectivity index (χ2n) is 6.84. The molecule has 1 aliphatic rings. The van der Waals surface area contributed by atoms with Crippen LogP contribution in [0.15, 0.2) is 35.6 Å². The summed E-state index contributed by atoms with van der Waals surface area (Å²) in [4.78, 5) is 11.4. The monoisotopic (exact) mass is 498 g/mol. The number of guanidine groups is 1. The Labute approximate surface area is 184 Å². The molecule has 0 unspecified atom stereocenters. The Hall–Kier alpha value is -1.84. The van der Waals surface area contributed by atoms with E-state index in [4.69, 9.17) is 9.73 Å². The van der Waals surface area contributed by atoms with Crippen LogP contribution >= 0.6 is 24.0 Å². The standard InChI is InChI=1S/C20H30N6O.HI/c1-3-21-20(22-11-6-14-27-18-8-5-4-7-16(18)2)26-12-9-17(10-13-26)19-23-15-24-25-19;/h4-5,7-8,15,17H,3,6,9-14H2,1-2H3,(H,21,22)(H,23,24,25);1H. The van der Waals surface area contributed by atoms with Gasteiger partial charge in [0.15, 0.2) is 5.96 Å². The number of piperidine rings is 1. The van der Waals surface area contributed by atoms with E-state index >= 15 is 0 Å². The normalized spacial score (nSPS) is 15.2. The first-order valence-electron chi connectivity index (χ1n) is 9.85. The first-order valence-corrected chi connectivity index (χ1v) is 9.85. The molecule has 2 aromatic rings. The molecule has 1 aromatic carbocycles. The lowest BCUT2D eigenvalue weighted by molar-refractivity contribution is 0.296. The zero-order chi connectivity index (χ0) is 18.9. The number of benzene rings is 1. The molecule has 0 spiro atoms. The number of nitrogens with zero attached hydrogens (tertiary/aromatic N) is 4. The van der Waals surface area contributed by atoms with Crippen molar-refractivity contribution < 1.29 is 4.74 Å². The molecule has 0 aliphatic carbocycles. The number of rotatable bonds is 7. The van der Waals surface area contributed by atoms with Crippen molar-refractivity contribution in [2.75, 3.05) is 32.8 Å². The number of ether oxygens (including phenoxy) is 1. The highest BCUT2D eigenvalue weighted by Gasteiger charge is 2.24. The lowest BCUT2D eigenvalue weighted by atomic mass is 9.96. The van der Waals surface area contributed by atoms with Gasteiger partial charge in [0.05, 0.1) is 6.61 Å². The summed E-state index contributed by atoms with van der Waals surface area (Å²) < 4.78 is 5.86. The van der Waals surface area contributed by atoms with E-state index in [1.807, 2.05) is 18.2 Å². The quantitative estimate of drug-likeness (QED) is 0.265. The van der Waals surface area contributed by atoms with Crippen LogP contribution in [0.3, 0.4) is 0 Å². The first-order chi connectivity index (χ1) is 13.3. The molecule has 0 saturated carbocycles. The Balaban J connectivity index is 0.00000280. The zero-order valence-electron chi connectivity index (χ0n) is 16.7. The van der Waals surface area contributed by atoms with Crippen LogP contribution in [-0.2, 0) is 0 Å². The third kappa shape index (κ3) is 6.35. The predicted octanol–water partition coefficient (Wildman–Crippen LogP) is 3.35. The van der Waals surface area contributed by atoms with Crippen LogP contribution < -0.4 is 10.1 Å². The Bertz CT molecular complexity index is 713. The fraction of sp³-hybridized carbons (Fsp3) is 0.550.